The second-order valence-corrected chi connectivity index (χ2v) is 4.24. The van der Waals surface area contributed by atoms with E-state index >= 15 is 0 Å². The van der Waals surface area contributed by atoms with E-state index in [1.54, 1.807) is 0 Å². The lowest BCUT2D eigenvalue weighted by Crippen LogP contribution is -2.26. The summed E-state index contributed by atoms with van der Waals surface area (Å²) in [5.74, 6) is 2.36. The van der Waals surface area contributed by atoms with Crippen LogP contribution >= 0.6 is 0 Å². The van der Waals surface area contributed by atoms with Gasteiger partial charge < -0.3 is 15.2 Å². The maximum Gasteiger partial charge on any atom is 0.231 e. The molecule has 0 aromatic heterocycles. The fourth-order valence-corrected chi connectivity index (χ4v) is 1.90. The molecular weight excluding hydrogens is 218 g/mol. The number of amidine groups is 1. The van der Waals surface area contributed by atoms with Crippen molar-refractivity contribution in [2.75, 3.05) is 6.79 Å². The van der Waals surface area contributed by atoms with Crippen molar-refractivity contribution < 1.29 is 9.47 Å². The highest BCUT2D eigenvalue weighted by atomic mass is 16.7. The van der Waals surface area contributed by atoms with E-state index < -0.39 is 0 Å². The van der Waals surface area contributed by atoms with Gasteiger partial charge in [0.25, 0.3) is 0 Å². The minimum Gasteiger partial charge on any atom is -0.454 e. The Morgan fingerprint density at radius 2 is 2.06 bits per heavy atom. The predicted molar refractivity (Wildman–Crippen MR) is 64.5 cm³/mol. The van der Waals surface area contributed by atoms with Gasteiger partial charge in [-0.3, -0.25) is 0 Å². The highest BCUT2D eigenvalue weighted by molar-refractivity contribution is 6.05. The lowest BCUT2D eigenvalue weighted by molar-refractivity contribution is 0.174. The van der Waals surface area contributed by atoms with E-state index in [0.717, 1.165) is 29.2 Å². The zero-order chi connectivity index (χ0) is 11.8. The molecule has 5 nitrogen and oxygen atoms in total. The topological polar surface area (TPSA) is 69.2 Å². The summed E-state index contributed by atoms with van der Waals surface area (Å²) < 4.78 is 10.6. The molecule has 1 unspecified atom stereocenters. The summed E-state index contributed by atoms with van der Waals surface area (Å²) in [5, 5.41) is 8.11. The van der Waals surface area contributed by atoms with E-state index in [9.17, 15) is 0 Å². The van der Waals surface area contributed by atoms with Crippen LogP contribution in [0.15, 0.2) is 28.4 Å². The lowest BCUT2D eigenvalue weighted by atomic mass is 9.97. The van der Waals surface area contributed by atoms with Crippen molar-refractivity contribution in [1.82, 2.24) is 0 Å². The monoisotopic (exact) mass is 231 g/mol. The van der Waals surface area contributed by atoms with Gasteiger partial charge >= 0.3 is 0 Å². The van der Waals surface area contributed by atoms with Crippen molar-refractivity contribution >= 4 is 11.5 Å². The minimum atomic E-state index is 0.230. The Bertz CT molecular complexity index is 522. The summed E-state index contributed by atoms with van der Waals surface area (Å²) in [6.07, 6.45) is 0.801. The minimum absolute atomic E-state index is 0.230. The first-order valence-electron chi connectivity index (χ1n) is 5.54. The molecular formula is C12H13N3O2. The molecule has 17 heavy (non-hydrogen) atoms. The van der Waals surface area contributed by atoms with E-state index in [-0.39, 0.29) is 12.7 Å². The molecule has 0 radical (unpaired) electrons. The molecule has 2 aliphatic rings. The van der Waals surface area contributed by atoms with Crippen LogP contribution in [0.5, 0.6) is 11.5 Å². The fraction of sp³-hybridized carbons (Fsp3) is 0.333. The molecule has 88 valence electrons. The Balaban J connectivity index is 1.95. The van der Waals surface area contributed by atoms with Gasteiger partial charge in [0.2, 0.25) is 6.79 Å². The molecule has 1 aromatic rings. The van der Waals surface area contributed by atoms with Crippen LogP contribution in [0.3, 0.4) is 0 Å². The zero-order valence-electron chi connectivity index (χ0n) is 9.51. The van der Waals surface area contributed by atoms with E-state index in [0.29, 0.717) is 5.84 Å². The highest BCUT2D eigenvalue weighted by Gasteiger charge is 2.20. The van der Waals surface area contributed by atoms with Crippen molar-refractivity contribution in [2.45, 2.75) is 13.3 Å². The van der Waals surface area contributed by atoms with Crippen LogP contribution in [-0.2, 0) is 0 Å². The van der Waals surface area contributed by atoms with Crippen LogP contribution in [0.25, 0.3) is 0 Å². The maximum atomic E-state index is 5.71. The van der Waals surface area contributed by atoms with Gasteiger partial charge in [0.05, 0.1) is 5.71 Å². The summed E-state index contributed by atoms with van der Waals surface area (Å²) >= 11 is 0. The number of rotatable bonds is 1. The molecule has 0 bridgehead atoms. The Kier molecular flexibility index (Phi) is 2.24. The average molecular weight is 231 g/mol. The molecule has 1 aromatic carbocycles. The van der Waals surface area contributed by atoms with Crippen molar-refractivity contribution in [2.24, 2.45) is 21.9 Å². The largest absolute Gasteiger partial charge is 0.454 e. The normalized spacial score (nSPS) is 22.1. The van der Waals surface area contributed by atoms with Gasteiger partial charge in [0.15, 0.2) is 11.5 Å². The second kappa shape index (κ2) is 3.76. The first kappa shape index (κ1) is 10.1. The third-order valence-electron chi connectivity index (χ3n) is 3.00. The summed E-state index contributed by atoms with van der Waals surface area (Å²) in [6, 6.07) is 5.80. The maximum absolute atomic E-state index is 5.71. The summed E-state index contributed by atoms with van der Waals surface area (Å²) in [5.41, 5.74) is 7.65. The Hall–Kier alpha value is -2.04. The molecule has 0 aliphatic carbocycles. The molecule has 0 fully saturated rings. The average Bonchev–Trinajstić information content (AvgIpc) is 2.79. The number of nitrogens with zero attached hydrogens (tertiary/aromatic N) is 2. The van der Waals surface area contributed by atoms with Crippen LogP contribution < -0.4 is 15.2 Å². The van der Waals surface area contributed by atoms with Crippen molar-refractivity contribution in [3.8, 4) is 11.5 Å². The molecule has 2 heterocycles. The number of benzene rings is 1. The molecule has 1 atom stereocenters. The van der Waals surface area contributed by atoms with E-state index in [4.69, 9.17) is 15.2 Å². The van der Waals surface area contributed by atoms with Crippen LogP contribution in [-0.4, -0.2) is 18.3 Å². The van der Waals surface area contributed by atoms with Gasteiger partial charge in [0, 0.05) is 17.9 Å². The SMILES string of the molecule is CC1CC(c2ccc3c(c2)OCO3)=NN=C1N. The molecule has 2 N–H and O–H groups in total. The lowest BCUT2D eigenvalue weighted by Gasteiger charge is -2.16. The molecule has 0 saturated heterocycles. The number of hydrogen-bond donors (Lipinski definition) is 1. The van der Waals surface area contributed by atoms with E-state index in [2.05, 4.69) is 10.2 Å². The van der Waals surface area contributed by atoms with E-state index in [1.165, 1.54) is 0 Å². The third-order valence-corrected chi connectivity index (χ3v) is 3.00. The van der Waals surface area contributed by atoms with Gasteiger partial charge in [-0.1, -0.05) is 6.92 Å². The quantitative estimate of drug-likeness (QED) is 0.796. The number of nitrogens with two attached hydrogens (primary N) is 1. The van der Waals surface area contributed by atoms with Gasteiger partial charge in [-0.25, -0.2) is 0 Å². The molecule has 0 amide bonds. The van der Waals surface area contributed by atoms with Crippen LogP contribution in [0.2, 0.25) is 0 Å². The molecule has 0 saturated carbocycles. The summed E-state index contributed by atoms with van der Waals surface area (Å²) in [6.45, 7) is 2.33. The number of hydrogen-bond acceptors (Lipinski definition) is 5. The van der Waals surface area contributed by atoms with Crippen LogP contribution in [0.1, 0.15) is 18.9 Å². The van der Waals surface area contributed by atoms with Gasteiger partial charge in [-0.2, -0.15) is 5.10 Å². The number of ether oxygens (including phenoxy) is 2. The van der Waals surface area contributed by atoms with Crippen molar-refractivity contribution in [3.63, 3.8) is 0 Å². The van der Waals surface area contributed by atoms with Gasteiger partial charge in [-0.05, 0) is 18.2 Å². The first-order valence-corrected chi connectivity index (χ1v) is 5.54. The Labute approximate surface area is 98.9 Å². The molecule has 2 aliphatic heterocycles. The smallest absolute Gasteiger partial charge is 0.231 e. The highest BCUT2D eigenvalue weighted by Crippen LogP contribution is 2.33. The van der Waals surface area contributed by atoms with E-state index in [1.807, 2.05) is 25.1 Å². The summed E-state index contributed by atoms with van der Waals surface area (Å²) in [7, 11) is 0. The summed E-state index contributed by atoms with van der Waals surface area (Å²) in [4.78, 5) is 0. The van der Waals surface area contributed by atoms with Crippen LogP contribution in [0, 0.1) is 5.92 Å². The van der Waals surface area contributed by atoms with Gasteiger partial charge in [0.1, 0.15) is 5.84 Å². The van der Waals surface area contributed by atoms with Crippen molar-refractivity contribution in [1.29, 1.82) is 0 Å². The number of fused-ring (bicyclic) bond motifs is 1. The second-order valence-electron chi connectivity index (χ2n) is 4.24. The van der Waals surface area contributed by atoms with Gasteiger partial charge in [-0.15, -0.1) is 5.10 Å². The zero-order valence-corrected chi connectivity index (χ0v) is 9.51. The molecule has 0 spiro atoms. The molecule has 3 rings (SSSR count). The molecule has 5 heteroatoms. The van der Waals surface area contributed by atoms with Crippen LogP contribution in [0.4, 0.5) is 0 Å². The Morgan fingerprint density at radius 1 is 1.24 bits per heavy atom. The standard InChI is InChI=1S/C12H13N3O2/c1-7-4-9(14-15-12(7)13)8-2-3-10-11(5-8)17-6-16-10/h2-3,5,7H,4,6H2,1H3,(H2,13,15). The Morgan fingerprint density at radius 3 is 2.88 bits per heavy atom. The predicted octanol–water partition coefficient (Wildman–Crippen LogP) is 1.52. The fourth-order valence-electron chi connectivity index (χ4n) is 1.90. The van der Waals surface area contributed by atoms with Crippen molar-refractivity contribution in [3.05, 3.63) is 23.8 Å². The third kappa shape index (κ3) is 1.73. The first-order chi connectivity index (χ1) is 8.24.